The van der Waals surface area contributed by atoms with Crippen molar-refractivity contribution in [1.82, 2.24) is 4.90 Å². The second-order valence-electron chi connectivity index (χ2n) is 4.91. The van der Waals surface area contributed by atoms with Gasteiger partial charge in [0.05, 0.1) is 6.10 Å². The van der Waals surface area contributed by atoms with Gasteiger partial charge in [-0.25, -0.2) is 0 Å². The van der Waals surface area contributed by atoms with Gasteiger partial charge in [-0.3, -0.25) is 4.79 Å². The van der Waals surface area contributed by atoms with E-state index in [4.69, 9.17) is 0 Å². The largest absolute Gasteiger partial charge is 0.393 e. The average Bonchev–Trinajstić information content (AvgIpc) is 2.37. The highest BCUT2D eigenvalue weighted by Gasteiger charge is 2.42. The lowest BCUT2D eigenvalue weighted by Crippen LogP contribution is -2.49. The Kier molecular flexibility index (Phi) is 2.52. The van der Waals surface area contributed by atoms with Crippen molar-refractivity contribution in [1.29, 1.82) is 0 Å². The van der Waals surface area contributed by atoms with Crippen molar-refractivity contribution in [2.24, 2.45) is 5.92 Å². The summed E-state index contributed by atoms with van der Waals surface area (Å²) in [4.78, 5) is 13.9. The molecule has 0 aromatic carbocycles. The number of aliphatic hydroxyl groups is 1. The van der Waals surface area contributed by atoms with E-state index in [1.807, 2.05) is 18.7 Å². The molecule has 2 aliphatic heterocycles. The third kappa shape index (κ3) is 1.54. The predicted octanol–water partition coefficient (Wildman–Crippen LogP) is 1.16. The standard InChI is InChI=1S/C11H19NO2/c1-7(2)11(14)12-8-3-4-9(12)6-10(13)5-8/h7-10,13H,3-6H2,1-2H3/t8-,9+,10+. The van der Waals surface area contributed by atoms with E-state index < -0.39 is 0 Å². The van der Waals surface area contributed by atoms with Crippen molar-refractivity contribution in [3.05, 3.63) is 0 Å². The minimum Gasteiger partial charge on any atom is -0.393 e. The van der Waals surface area contributed by atoms with Gasteiger partial charge in [-0.2, -0.15) is 0 Å². The zero-order chi connectivity index (χ0) is 10.3. The molecule has 14 heavy (non-hydrogen) atoms. The van der Waals surface area contributed by atoms with Crippen LogP contribution >= 0.6 is 0 Å². The van der Waals surface area contributed by atoms with Gasteiger partial charge >= 0.3 is 0 Å². The van der Waals surface area contributed by atoms with E-state index in [1.54, 1.807) is 0 Å². The summed E-state index contributed by atoms with van der Waals surface area (Å²) in [5, 5.41) is 9.59. The van der Waals surface area contributed by atoms with Gasteiger partial charge in [0, 0.05) is 18.0 Å². The normalized spacial score (nSPS) is 36.6. The molecule has 0 aromatic heterocycles. The van der Waals surface area contributed by atoms with Crippen LogP contribution in [0.5, 0.6) is 0 Å². The number of carbonyl (C=O) groups excluding carboxylic acids is 1. The molecule has 2 saturated heterocycles. The van der Waals surface area contributed by atoms with E-state index in [2.05, 4.69) is 0 Å². The molecule has 2 rings (SSSR count). The molecule has 2 fully saturated rings. The average molecular weight is 197 g/mol. The second-order valence-corrected chi connectivity index (χ2v) is 4.91. The van der Waals surface area contributed by atoms with E-state index in [1.165, 1.54) is 0 Å². The van der Waals surface area contributed by atoms with E-state index in [0.29, 0.717) is 12.1 Å². The smallest absolute Gasteiger partial charge is 0.225 e. The van der Waals surface area contributed by atoms with Crippen molar-refractivity contribution in [2.75, 3.05) is 0 Å². The molecule has 0 saturated carbocycles. The van der Waals surface area contributed by atoms with Crippen molar-refractivity contribution < 1.29 is 9.90 Å². The number of hydrogen-bond donors (Lipinski definition) is 1. The Morgan fingerprint density at radius 1 is 1.29 bits per heavy atom. The fourth-order valence-corrected chi connectivity index (χ4v) is 2.81. The van der Waals surface area contributed by atoms with Crippen LogP contribution in [0.3, 0.4) is 0 Å². The second kappa shape index (κ2) is 3.54. The molecule has 3 heteroatoms. The minimum atomic E-state index is -0.177. The summed E-state index contributed by atoms with van der Waals surface area (Å²) in [6, 6.07) is 0.636. The Morgan fingerprint density at radius 3 is 2.21 bits per heavy atom. The zero-order valence-electron chi connectivity index (χ0n) is 8.94. The molecule has 2 aliphatic rings. The fraction of sp³-hybridized carbons (Fsp3) is 0.909. The highest BCUT2D eigenvalue weighted by molar-refractivity contribution is 5.79. The Hall–Kier alpha value is -0.570. The molecule has 2 heterocycles. The summed E-state index contributed by atoms with van der Waals surface area (Å²) in [6.07, 6.45) is 3.56. The highest BCUT2D eigenvalue weighted by Crippen LogP contribution is 2.36. The molecule has 0 unspecified atom stereocenters. The lowest BCUT2D eigenvalue weighted by atomic mass is 9.98. The molecule has 0 aliphatic carbocycles. The van der Waals surface area contributed by atoms with Gasteiger partial charge in [-0.1, -0.05) is 13.8 Å². The number of aliphatic hydroxyl groups excluding tert-OH is 1. The summed E-state index contributed by atoms with van der Waals surface area (Å²) >= 11 is 0. The van der Waals surface area contributed by atoms with Crippen molar-refractivity contribution in [3.8, 4) is 0 Å². The van der Waals surface area contributed by atoms with Gasteiger partial charge in [0.15, 0.2) is 0 Å². The maximum absolute atomic E-state index is 11.9. The van der Waals surface area contributed by atoms with Crippen molar-refractivity contribution >= 4 is 5.91 Å². The van der Waals surface area contributed by atoms with Crippen LogP contribution in [0, 0.1) is 5.92 Å². The molecular weight excluding hydrogens is 178 g/mol. The summed E-state index contributed by atoms with van der Waals surface area (Å²) in [5.41, 5.74) is 0. The molecular formula is C11H19NO2. The predicted molar refractivity (Wildman–Crippen MR) is 53.7 cm³/mol. The Bertz CT molecular complexity index is 225. The maximum Gasteiger partial charge on any atom is 0.225 e. The monoisotopic (exact) mass is 197 g/mol. The molecule has 0 aromatic rings. The van der Waals surface area contributed by atoms with Crippen LogP contribution in [0.2, 0.25) is 0 Å². The number of hydrogen-bond acceptors (Lipinski definition) is 2. The molecule has 3 atom stereocenters. The van der Waals surface area contributed by atoms with Crippen LogP contribution in [0.25, 0.3) is 0 Å². The van der Waals surface area contributed by atoms with Crippen molar-refractivity contribution in [3.63, 3.8) is 0 Å². The molecule has 2 bridgehead atoms. The van der Waals surface area contributed by atoms with Crippen LogP contribution in [-0.4, -0.2) is 34.1 Å². The van der Waals surface area contributed by atoms with Crippen LogP contribution in [0.15, 0.2) is 0 Å². The van der Waals surface area contributed by atoms with Gasteiger partial charge in [-0.15, -0.1) is 0 Å². The quantitative estimate of drug-likeness (QED) is 0.685. The van der Waals surface area contributed by atoms with Gasteiger partial charge in [0.2, 0.25) is 5.91 Å². The van der Waals surface area contributed by atoms with Crippen LogP contribution in [-0.2, 0) is 4.79 Å². The molecule has 0 radical (unpaired) electrons. The molecule has 1 N–H and O–H groups in total. The molecule has 1 amide bonds. The number of rotatable bonds is 1. The summed E-state index contributed by atoms with van der Waals surface area (Å²) in [7, 11) is 0. The van der Waals surface area contributed by atoms with Gasteiger partial charge in [0.1, 0.15) is 0 Å². The Balaban J connectivity index is 2.11. The number of nitrogens with zero attached hydrogens (tertiary/aromatic N) is 1. The topological polar surface area (TPSA) is 40.5 Å². The van der Waals surface area contributed by atoms with Crippen LogP contribution in [0.4, 0.5) is 0 Å². The molecule has 0 spiro atoms. The number of piperidine rings is 1. The third-order valence-electron chi connectivity index (χ3n) is 3.46. The first kappa shape index (κ1) is 9.97. The van der Waals surface area contributed by atoms with Gasteiger partial charge < -0.3 is 10.0 Å². The van der Waals surface area contributed by atoms with Crippen molar-refractivity contribution in [2.45, 2.75) is 57.7 Å². The SMILES string of the molecule is CC(C)C(=O)N1[C@@H]2CC[C@H]1C[C@@H](O)C2. The highest BCUT2D eigenvalue weighted by atomic mass is 16.3. The Labute approximate surface area is 85.1 Å². The van der Waals surface area contributed by atoms with E-state index >= 15 is 0 Å². The van der Waals surface area contributed by atoms with Crippen LogP contribution in [0.1, 0.15) is 39.5 Å². The zero-order valence-corrected chi connectivity index (χ0v) is 8.94. The fourth-order valence-electron chi connectivity index (χ4n) is 2.81. The minimum absolute atomic E-state index is 0.0911. The van der Waals surface area contributed by atoms with E-state index in [9.17, 15) is 9.90 Å². The van der Waals surface area contributed by atoms with Crippen LogP contribution < -0.4 is 0 Å². The third-order valence-corrected chi connectivity index (χ3v) is 3.46. The van der Waals surface area contributed by atoms with Gasteiger partial charge in [-0.05, 0) is 25.7 Å². The Morgan fingerprint density at radius 2 is 1.79 bits per heavy atom. The first-order valence-corrected chi connectivity index (χ1v) is 5.60. The summed E-state index contributed by atoms with van der Waals surface area (Å²) in [5.74, 6) is 0.359. The number of carbonyl (C=O) groups is 1. The summed E-state index contributed by atoms with van der Waals surface area (Å²) in [6.45, 7) is 3.90. The first-order chi connectivity index (χ1) is 6.59. The van der Waals surface area contributed by atoms with E-state index in [0.717, 1.165) is 25.7 Å². The maximum atomic E-state index is 11.9. The lowest BCUT2D eigenvalue weighted by molar-refractivity contribution is -0.140. The molecule has 3 nitrogen and oxygen atoms in total. The van der Waals surface area contributed by atoms with Gasteiger partial charge in [0.25, 0.3) is 0 Å². The first-order valence-electron chi connectivity index (χ1n) is 5.60. The number of fused-ring (bicyclic) bond motifs is 2. The van der Waals surface area contributed by atoms with E-state index in [-0.39, 0.29) is 17.9 Å². The number of amides is 1. The molecule has 80 valence electrons. The summed E-state index contributed by atoms with van der Waals surface area (Å²) < 4.78 is 0. The lowest BCUT2D eigenvalue weighted by Gasteiger charge is -2.38.